The molecule has 1 atom stereocenters. The zero-order chi connectivity index (χ0) is 18.8. The van der Waals surface area contributed by atoms with Gasteiger partial charge in [-0.3, -0.25) is 4.79 Å². The quantitative estimate of drug-likeness (QED) is 0.619. The van der Waals surface area contributed by atoms with E-state index in [9.17, 15) is 4.79 Å². The molecular weight excluding hydrogens is 342 g/mol. The fraction of sp³-hybridized carbons (Fsp3) is 0.0952. The molecule has 0 bridgehead atoms. The van der Waals surface area contributed by atoms with E-state index in [1.165, 1.54) is 0 Å². The Labute approximate surface area is 156 Å². The summed E-state index contributed by atoms with van der Waals surface area (Å²) in [7, 11) is 0. The van der Waals surface area contributed by atoms with Gasteiger partial charge in [-0.1, -0.05) is 30.3 Å². The van der Waals surface area contributed by atoms with Gasteiger partial charge >= 0.3 is 0 Å². The smallest absolute Gasteiger partial charge is 0.255 e. The normalized spacial score (nSPS) is 13.2. The van der Waals surface area contributed by atoms with Gasteiger partial charge in [-0.15, -0.1) is 0 Å². The number of benzene rings is 3. The molecule has 6 heteroatoms. The summed E-state index contributed by atoms with van der Waals surface area (Å²) >= 11 is 0. The number of amides is 1. The van der Waals surface area contributed by atoms with Crippen molar-refractivity contribution in [3.63, 3.8) is 0 Å². The molecule has 0 saturated carbocycles. The third-order valence-corrected chi connectivity index (χ3v) is 4.50. The molecule has 0 saturated heterocycles. The van der Waals surface area contributed by atoms with E-state index in [1.807, 2.05) is 42.5 Å². The fourth-order valence-corrected chi connectivity index (χ4v) is 2.95. The summed E-state index contributed by atoms with van der Waals surface area (Å²) in [4.78, 5) is 12.4. The molecule has 5 N–H and O–H groups in total. The van der Waals surface area contributed by atoms with E-state index in [0.29, 0.717) is 22.7 Å². The van der Waals surface area contributed by atoms with E-state index in [4.69, 9.17) is 20.9 Å². The van der Waals surface area contributed by atoms with Gasteiger partial charge in [0.2, 0.25) is 6.79 Å². The minimum atomic E-state index is -0.332. The first kappa shape index (κ1) is 16.9. The highest BCUT2D eigenvalue weighted by atomic mass is 16.7. The number of nitrogens with one attached hydrogen (secondary N) is 1. The number of rotatable bonds is 4. The maximum atomic E-state index is 12.4. The van der Waals surface area contributed by atoms with Crippen molar-refractivity contribution in [1.29, 1.82) is 0 Å². The Bertz CT molecular complexity index is 986. The molecule has 0 spiro atoms. The third-order valence-electron chi connectivity index (χ3n) is 4.50. The van der Waals surface area contributed by atoms with Crippen LogP contribution in [-0.4, -0.2) is 12.7 Å². The van der Waals surface area contributed by atoms with Crippen molar-refractivity contribution in [2.45, 2.75) is 6.04 Å². The number of carbonyl (C=O) groups is 1. The van der Waals surface area contributed by atoms with Crippen LogP contribution in [-0.2, 0) is 0 Å². The molecule has 1 aliphatic rings. The van der Waals surface area contributed by atoms with Crippen molar-refractivity contribution in [2.24, 2.45) is 5.73 Å². The van der Waals surface area contributed by atoms with Crippen LogP contribution in [0.2, 0.25) is 0 Å². The van der Waals surface area contributed by atoms with E-state index < -0.39 is 0 Å². The molecule has 0 radical (unpaired) electrons. The molecule has 4 rings (SSSR count). The van der Waals surface area contributed by atoms with Crippen LogP contribution in [0.1, 0.15) is 27.5 Å². The fourth-order valence-electron chi connectivity index (χ4n) is 2.95. The molecule has 3 aromatic carbocycles. The third kappa shape index (κ3) is 3.43. The molecule has 136 valence electrons. The molecule has 3 aromatic rings. The average Bonchev–Trinajstić information content (AvgIpc) is 3.17. The maximum Gasteiger partial charge on any atom is 0.255 e. The van der Waals surface area contributed by atoms with Crippen LogP contribution in [0.5, 0.6) is 11.5 Å². The summed E-state index contributed by atoms with van der Waals surface area (Å²) in [5, 5.41) is 2.81. The second kappa shape index (κ2) is 7.01. The summed E-state index contributed by atoms with van der Waals surface area (Å²) in [6, 6.07) is 19.6. The van der Waals surface area contributed by atoms with Crippen LogP contribution in [0.25, 0.3) is 0 Å². The van der Waals surface area contributed by atoms with Gasteiger partial charge in [-0.25, -0.2) is 0 Å². The molecule has 0 aromatic heterocycles. The number of ether oxygens (including phenoxy) is 2. The maximum absolute atomic E-state index is 12.4. The highest BCUT2D eigenvalue weighted by molar-refractivity contribution is 6.05. The first-order valence-corrected chi connectivity index (χ1v) is 8.53. The van der Waals surface area contributed by atoms with Gasteiger partial charge < -0.3 is 26.3 Å². The van der Waals surface area contributed by atoms with E-state index in [2.05, 4.69) is 5.32 Å². The molecule has 1 amide bonds. The van der Waals surface area contributed by atoms with E-state index in [1.54, 1.807) is 24.3 Å². The van der Waals surface area contributed by atoms with Crippen LogP contribution in [0.4, 0.5) is 11.4 Å². The number of fused-ring (bicyclic) bond motifs is 1. The highest BCUT2D eigenvalue weighted by Crippen LogP contribution is 2.35. The number of nitrogens with two attached hydrogens (primary N) is 2. The SMILES string of the molecule is Nc1ccccc1NC(=O)c1ccc(C(N)c2ccc3c(c2)OCO3)cc1. The lowest BCUT2D eigenvalue weighted by Crippen LogP contribution is -2.15. The van der Waals surface area contributed by atoms with Crippen molar-refractivity contribution in [1.82, 2.24) is 0 Å². The molecule has 1 unspecified atom stereocenters. The lowest BCUT2D eigenvalue weighted by Gasteiger charge is -2.14. The summed E-state index contributed by atoms with van der Waals surface area (Å²) in [6.45, 7) is 0.226. The summed E-state index contributed by atoms with van der Waals surface area (Å²) < 4.78 is 10.7. The Hall–Kier alpha value is -3.51. The largest absolute Gasteiger partial charge is 0.454 e. The summed E-state index contributed by atoms with van der Waals surface area (Å²) in [6.07, 6.45) is 0. The second-order valence-electron chi connectivity index (χ2n) is 6.25. The van der Waals surface area contributed by atoms with Crippen LogP contribution in [0, 0.1) is 0 Å². The van der Waals surface area contributed by atoms with Gasteiger partial charge in [0, 0.05) is 5.56 Å². The average molecular weight is 361 g/mol. The molecule has 0 fully saturated rings. The van der Waals surface area contributed by atoms with Crippen molar-refractivity contribution in [3.8, 4) is 11.5 Å². The summed E-state index contributed by atoms with van der Waals surface area (Å²) in [5.41, 5.74) is 15.7. The number of nitrogen functional groups attached to an aromatic ring is 1. The Kier molecular flexibility index (Phi) is 4.40. The number of carbonyl (C=O) groups excluding carboxylic acids is 1. The van der Waals surface area contributed by atoms with Gasteiger partial charge in [0.05, 0.1) is 17.4 Å². The number of anilines is 2. The minimum absolute atomic E-state index is 0.226. The topological polar surface area (TPSA) is 99.6 Å². The number of hydrogen-bond acceptors (Lipinski definition) is 5. The van der Waals surface area contributed by atoms with Crippen molar-refractivity contribution < 1.29 is 14.3 Å². The zero-order valence-electron chi connectivity index (χ0n) is 14.5. The van der Waals surface area contributed by atoms with Crippen molar-refractivity contribution >= 4 is 17.3 Å². The van der Waals surface area contributed by atoms with E-state index in [-0.39, 0.29) is 18.7 Å². The zero-order valence-corrected chi connectivity index (χ0v) is 14.5. The Morgan fingerprint density at radius 2 is 1.63 bits per heavy atom. The standard InChI is InChI=1S/C21H19N3O3/c22-16-3-1-2-4-17(16)24-21(25)14-7-5-13(6-8-14)20(23)15-9-10-18-19(11-15)27-12-26-18/h1-11,20H,12,22-23H2,(H,24,25). The number of para-hydroxylation sites is 2. The van der Waals surface area contributed by atoms with E-state index in [0.717, 1.165) is 16.9 Å². The van der Waals surface area contributed by atoms with Gasteiger partial charge in [-0.2, -0.15) is 0 Å². The van der Waals surface area contributed by atoms with Crippen molar-refractivity contribution in [2.75, 3.05) is 17.8 Å². The lowest BCUT2D eigenvalue weighted by molar-refractivity contribution is 0.102. The van der Waals surface area contributed by atoms with Gasteiger partial charge in [0.25, 0.3) is 5.91 Å². The van der Waals surface area contributed by atoms with Gasteiger partial charge in [0.1, 0.15) is 0 Å². The predicted octanol–water partition coefficient (Wildman–Crippen LogP) is 3.30. The minimum Gasteiger partial charge on any atom is -0.454 e. The molecule has 0 aliphatic carbocycles. The van der Waals surface area contributed by atoms with Crippen LogP contribution in [0.3, 0.4) is 0 Å². The molecule has 6 nitrogen and oxygen atoms in total. The molecular formula is C21H19N3O3. The molecule has 27 heavy (non-hydrogen) atoms. The van der Waals surface area contributed by atoms with E-state index >= 15 is 0 Å². The van der Waals surface area contributed by atoms with Gasteiger partial charge in [0.15, 0.2) is 11.5 Å². The van der Waals surface area contributed by atoms with Gasteiger partial charge in [-0.05, 0) is 47.5 Å². The molecule has 1 heterocycles. The Morgan fingerprint density at radius 3 is 2.41 bits per heavy atom. The monoisotopic (exact) mass is 361 g/mol. The predicted molar refractivity (Wildman–Crippen MR) is 104 cm³/mol. The molecule has 1 aliphatic heterocycles. The first-order chi connectivity index (χ1) is 13.1. The van der Waals surface area contributed by atoms with Crippen LogP contribution >= 0.6 is 0 Å². The van der Waals surface area contributed by atoms with Crippen molar-refractivity contribution in [3.05, 3.63) is 83.4 Å². The summed E-state index contributed by atoms with van der Waals surface area (Å²) in [5.74, 6) is 1.19. The van der Waals surface area contributed by atoms with Crippen LogP contribution in [0.15, 0.2) is 66.7 Å². The Morgan fingerprint density at radius 1 is 0.926 bits per heavy atom. The number of hydrogen-bond donors (Lipinski definition) is 3. The first-order valence-electron chi connectivity index (χ1n) is 8.53. The lowest BCUT2D eigenvalue weighted by atomic mass is 9.98. The highest BCUT2D eigenvalue weighted by Gasteiger charge is 2.17. The second-order valence-corrected chi connectivity index (χ2v) is 6.25. The van der Waals surface area contributed by atoms with Crippen LogP contribution < -0.4 is 26.3 Å². The Balaban J connectivity index is 1.50.